The van der Waals surface area contributed by atoms with Gasteiger partial charge in [0.15, 0.2) is 0 Å². The van der Waals surface area contributed by atoms with Crippen molar-refractivity contribution < 1.29 is 0 Å². The van der Waals surface area contributed by atoms with Crippen molar-refractivity contribution in [1.29, 1.82) is 0 Å². The Kier molecular flexibility index (Phi) is 2.91. The summed E-state index contributed by atoms with van der Waals surface area (Å²) in [5.74, 6) is 0.767. The topological polar surface area (TPSA) is 26.0 Å². The Labute approximate surface area is 85.8 Å². The molecule has 0 aliphatic heterocycles. The van der Waals surface area contributed by atoms with Crippen molar-refractivity contribution in [3.05, 3.63) is 29.3 Å². The number of nitrogen functional groups attached to an aromatic ring is 1. The van der Waals surface area contributed by atoms with Gasteiger partial charge in [-0.2, -0.15) is 12.6 Å². The molecule has 1 nitrogen and oxygen atoms in total. The van der Waals surface area contributed by atoms with Gasteiger partial charge < -0.3 is 5.73 Å². The van der Waals surface area contributed by atoms with Gasteiger partial charge in [-0.1, -0.05) is 32.9 Å². The number of nitrogens with two attached hydrogens (primary N) is 1. The second-order valence-corrected chi connectivity index (χ2v) is 4.65. The van der Waals surface area contributed by atoms with E-state index in [1.165, 1.54) is 11.1 Å². The van der Waals surface area contributed by atoms with Crippen LogP contribution in [0.1, 0.15) is 31.9 Å². The first kappa shape index (κ1) is 10.5. The predicted octanol–water partition coefficient (Wildman–Crippen LogP) is 3.00. The zero-order valence-electron chi connectivity index (χ0n) is 8.46. The molecule has 0 amide bonds. The minimum Gasteiger partial charge on any atom is -0.398 e. The number of thiol groups is 1. The highest BCUT2D eigenvalue weighted by molar-refractivity contribution is 7.79. The van der Waals surface area contributed by atoms with E-state index in [1.54, 1.807) is 0 Å². The fraction of sp³-hybridized carbons (Fsp3) is 0.455. The van der Waals surface area contributed by atoms with Crippen LogP contribution in [0, 0.1) is 0 Å². The summed E-state index contributed by atoms with van der Waals surface area (Å²) in [6, 6.07) is 6.13. The van der Waals surface area contributed by atoms with Gasteiger partial charge in [0, 0.05) is 11.4 Å². The summed E-state index contributed by atoms with van der Waals surface area (Å²) in [5, 5.41) is 0. The van der Waals surface area contributed by atoms with E-state index in [1.807, 2.05) is 12.1 Å². The molecule has 0 fully saturated rings. The van der Waals surface area contributed by atoms with Crippen molar-refractivity contribution in [1.82, 2.24) is 0 Å². The van der Waals surface area contributed by atoms with Crippen molar-refractivity contribution in [2.24, 2.45) is 0 Å². The zero-order chi connectivity index (χ0) is 10.1. The quantitative estimate of drug-likeness (QED) is 0.523. The van der Waals surface area contributed by atoms with Crippen molar-refractivity contribution in [2.75, 3.05) is 5.73 Å². The average molecular weight is 195 g/mol. The molecule has 0 unspecified atom stereocenters. The molecule has 0 aliphatic carbocycles. The van der Waals surface area contributed by atoms with Crippen molar-refractivity contribution in [3.8, 4) is 0 Å². The average Bonchev–Trinajstić information content (AvgIpc) is 2.03. The third kappa shape index (κ3) is 2.41. The van der Waals surface area contributed by atoms with E-state index in [4.69, 9.17) is 5.73 Å². The Hall–Kier alpha value is -0.630. The van der Waals surface area contributed by atoms with Gasteiger partial charge in [0.25, 0.3) is 0 Å². The monoisotopic (exact) mass is 195 g/mol. The van der Waals surface area contributed by atoms with Crippen molar-refractivity contribution >= 4 is 18.3 Å². The highest BCUT2D eigenvalue weighted by Crippen LogP contribution is 2.28. The maximum absolute atomic E-state index is 5.91. The van der Waals surface area contributed by atoms with Gasteiger partial charge in [0.1, 0.15) is 0 Å². The second-order valence-electron chi connectivity index (χ2n) is 4.33. The molecule has 0 bridgehead atoms. The predicted molar refractivity (Wildman–Crippen MR) is 62.2 cm³/mol. The Morgan fingerprint density at radius 1 is 1.31 bits per heavy atom. The lowest BCUT2D eigenvalue weighted by atomic mass is 9.85. The van der Waals surface area contributed by atoms with Crippen molar-refractivity contribution in [2.45, 2.75) is 31.9 Å². The van der Waals surface area contributed by atoms with Crippen LogP contribution in [-0.4, -0.2) is 0 Å². The van der Waals surface area contributed by atoms with Crippen LogP contribution in [0.25, 0.3) is 0 Å². The van der Waals surface area contributed by atoms with Gasteiger partial charge in [0.2, 0.25) is 0 Å². The number of benzene rings is 1. The Morgan fingerprint density at radius 3 is 2.38 bits per heavy atom. The summed E-state index contributed by atoms with van der Waals surface area (Å²) in [4.78, 5) is 0. The molecule has 0 aromatic heterocycles. The third-order valence-electron chi connectivity index (χ3n) is 2.11. The molecular weight excluding hydrogens is 178 g/mol. The summed E-state index contributed by atoms with van der Waals surface area (Å²) < 4.78 is 0. The van der Waals surface area contributed by atoms with E-state index >= 15 is 0 Å². The van der Waals surface area contributed by atoms with Crippen LogP contribution >= 0.6 is 12.6 Å². The first-order valence-corrected chi connectivity index (χ1v) is 5.08. The van der Waals surface area contributed by atoms with Gasteiger partial charge in [-0.15, -0.1) is 0 Å². The molecule has 0 saturated heterocycles. The molecule has 72 valence electrons. The normalized spacial score (nSPS) is 11.7. The molecule has 0 radical (unpaired) electrons. The van der Waals surface area contributed by atoms with Crippen molar-refractivity contribution in [3.63, 3.8) is 0 Å². The lowest BCUT2D eigenvalue weighted by Crippen LogP contribution is -2.14. The third-order valence-corrected chi connectivity index (χ3v) is 2.47. The lowest BCUT2D eigenvalue weighted by molar-refractivity contribution is 0.592. The summed E-state index contributed by atoms with van der Waals surface area (Å²) in [5.41, 5.74) is 9.32. The maximum atomic E-state index is 5.91. The first-order chi connectivity index (χ1) is 5.95. The van der Waals surface area contributed by atoms with Crippen LogP contribution < -0.4 is 5.73 Å². The molecule has 2 heteroatoms. The molecule has 0 aliphatic rings. The Morgan fingerprint density at radius 2 is 1.92 bits per heavy atom. The van der Waals surface area contributed by atoms with E-state index in [-0.39, 0.29) is 5.41 Å². The largest absolute Gasteiger partial charge is 0.398 e. The molecular formula is C11H17NS. The fourth-order valence-corrected chi connectivity index (χ4v) is 1.55. The molecule has 0 saturated carbocycles. The van der Waals surface area contributed by atoms with Crippen LogP contribution in [-0.2, 0) is 11.2 Å². The Balaban J connectivity index is 3.19. The highest BCUT2D eigenvalue weighted by Gasteiger charge is 2.16. The minimum absolute atomic E-state index is 0.114. The summed E-state index contributed by atoms with van der Waals surface area (Å²) in [6.07, 6.45) is 0. The number of anilines is 1. The fourth-order valence-electron chi connectivity index (χ4n) is 1.35. The standard InChI is InChI=1S/C11H17NS/c1-11(2,3)9-6-8(7-13)4-5-10(9)12/h4-6,13H,7,12H2,1-3H3. The van der Waals surface area contributed by atoms with Gasteiger partial charge in [-0.3, -0.25) is 0 Å². The molecule has 13 heavy (non-hydrogen) atoms. The second kappa shape index (κ2) is 3.62. The molecule has 0 atom stereocenters. The molecule has 0 heterocycles. The van der Waals surface area contributed by atoms with Gasteiger partial charge >= 0.3 is 0 Å². The van der Waals surface area contributed by atoms with Crippen LogP contribution in [0.5, 0.6) is 0 Å². The van der Waals surface area contributed by atoms with Crippen LogP contribution in [0.3, 0.4) is 0 Å². The smallest absolute Gasteiger partial charge is 0.0352 e. The van der Waals surface area contributed by atoms with E-state index in [0.717, 1.165) is 11.4 Å². The van der Waals surface area contributed by atoms with Crippen LogP contribution in [0.2, 0.25) is 0 Å². The van der Waals surface area contributed by atoms with Crippen LogP contribution in [0.15, 0.2) is 18.2 Å². The lowest BCUT2D eigenvalue weighted by Gasteiger charge is -2.21. The van der Waals surface area contributed by atoms with E-state index in [9.17, 15) is 0 Å². The summed E-state index contributed by atoms with van der Waals surface area (Å²) in [7, 11) is 0. The molecule has 1 aromatic carbocycles. The summed E-state index contributed by atoms with van der Waals surface area (Å²) in [6.45, 7) is 6.50. The maximum Gasteiger partial charge on any atom is 0.0352 e. The van der Waals surface area contributed by atoms with Gasteiger partial charge in [0.05, 0.1) is 0 Å². The van der Waals surface area contributed by atoms with Gasteiger partial charge in [-0.05, 0) is 22.6 Å². The number of hydrogen-bond acceptors (Lipinski definition) is 2. The van der Waals surface area contributed by atoms with E-state index in [0.29, 0.717) is 0 Å². The number of hydrogen-bond donors (Lipinski definition) is 2. The van der Waals surface area contributed by atoms with E-state index in [2.05, 4.69) is 39.5 Å². The Bertz CT molecular complexity index is 299. The van der Waals surface area contributed by atoms with Gasteiger partial charge in [-0.25, -0.2) is 0 Å². The molecule has 2 N–H and O–H groups in total. The minimum atomic E-state index is 0.114. The SMILES string of the molecule is CC(C)(C)c1cc(CS)ccc1N. The van der Waals surface area contributed by atoms with E-state index < -0.39 is 0 Å². The zero-order valence-corrected chi connectivity index (χ0v) is 9.36. The summed E-state index contributed by atoms with van der Waals surface area (Å²) >= 11 is 4.25. The molecule has 1 aromatic rings. The molecule has 1 rings (SSSR count). The first-order valence-electron chi connectivity index (χ1n) is 4.45. The number of rotatable bonds is 1. The van der Waals surface area contributed by atoms with Crippen LogP contribution in [0.4, 0.5) is 5.69 Å². The molecule has 0 spiro atoms. The highest BCUT2D eigenvalue weighted by atomic mass is 32.1.